The number of aromatic nitrogens is 2. The van der Waals surface area contributed by atoms with Gasteiger partial charge in [0.05, 0.1) is 19.0 Å². The van der Waals surface area contributed by atoms with E-state index in [9.17, 15) is 9.90 Å². The van der Waals surface area contributed by atoms with Gasteiger partial charge >= 0.3 is 5.97 Å². The monoisotopic (exact) mass is 718 g/mol. The van der Waals surface area contributed by atoms with E-state index in [0.29, 0.717) is 30.9 Å². The van der Waals surface area contributed by atoms with E-state index in [4.69, 9.17) is 4.74 Å². The maximum Gasteiger partial charge on any atom is 0.306 e. The number of aliphatic hydroxyl groups is 1. The van der Waals surface area contributed by atoms with E-state index in [1.54, 1.807) is 0 Å². The minimum atomic E-state index is -0.279. The minimum absolute atomic E-state index is 0.0170. The Hall–Kier alpha value is -1.40. The highest BCUT2D eigenvalue weighted by atomic mass is 16.5. The number of rotatable bonds is 38. The summed E-state index contributed by atoms with van der Waals surface area (Å²) in [5.41, 5.74) is 0. The number of hydrogen-bond donors (Lipinski definition) is 1. The molecule has 0 aliphatic rings. The minimum Gasteiger partial charge on any atom is -0.466 e. The van der Waals surface area contributed by atoms with Gasteiger partial charge in [-0.3, -0.25) is 9.69 Å². The Kier molecular flexibility index (Phi) is 32.1. The molecule has 0 saturated heterocycles. The lowest BCUT2D eigenvalue weighted by Gasteiger charge is -2.36. The number of carbonyl (C=O) groups excluding carboxylic acids is 1. The van der Waals surface area contributed by atoms with Crippen molar-refractivity contribution in [2.24, 2.45) is 11.8 Å². The third-order valence-corrected chi connectivity index (χ3v) is 11.0. The zero-order valence-electron chi connectivity index (χ0n) is 34.8. The van der Waals surface area contributed by atoms with Crippen LogP contribution in [0.25, 0.3) is 0 Å². The molecule has 6 nitrogen and oxygen atoms in total. The van der Waals surface area contributed by atoms with Crippen molar-refractivity contribution in [3.8, 4) is 0 Å². The molecule has 0 spiro atoms. The van der Waals surface area contributed by atoms with Crippen LogP contribution in [0, 0.1) is 11.8 Å². The fraction of sp³-hybridized carbons (Fsp3) is 0.911. The number of unbranched alkanes of at least 4 members (excludes halogenated alkanes) is 20. The third-order valence-electron chi connectivity index (χ3n) is 11.0. The van der Waals surface area contributed by atoms with Crippen LogP contribution in [-0.4, -0.2) is 57.4 Å². The van der Waals surface area contributed by atoms with Crippen LogP contribution >= 0.6 is 0 Å². The highest BCUT2D eigenvalue weighted by molar-refractivity contribution is 5.69. The van der Waals surface area contributed by atoms with Crippen molar-refractivity contribution in [2.75, 3.05) is 19.7 Å². The van der Waals surface area contributed by atoms with Crippen molar-refractivity contribution >= 4 is 5.97 Å². The molecule has 300 valence electrons. The van der Waals surface area contributed by atoms with Gasteiger partial charge in [0.25, 0.3) is 0 Å². The van der Waals surface area contributed by atoms with Crippen molar-refractivity contribution in [3.63, 3.8) is 0 Å². The van der Waals surface area contributed by atoms with E-state index in [0.717, 1.165) is 58.2 Å². The number of hydrogen-bond acceptors (Lipinski definition) is 5. The molecule has 0 aromatic carbocycles. The van der Waals surface area contributed by atoms with Crippen molar-refractivity contribution < 1.29 is 14.6 Å². The lowest BCUT2D eigenvalue weighted by Crippen LogP contribution is -2.46. The van der Waals surface area contributed by atoms with Gasteiger partial charge in [-0.1, -0.05) is 176 Å². The van der Waals surface area contributed by atoms with Crippen LogP contribution in [0.5, 0.6) is 0 Å². The van der Waals surface area contributed by atoms with Crippen LogP contribution < -0.4 is 0 Å². The third kappa shape index (κ3) is 27.8. The average molecular weight is 718 g/mol. The normalized spacial score (nSPS) is 13.6. The Morgan fingerprint density at radius 1 is 0.686 bits per heavy atom. The van der Waals surface area contributed by atoms with Gasteiger partial charge in [0.1, 0.15) is 0 Å². The van der Waals surface area contributed by atoms with Gasteiger partial charge in [-0.2, -0.15) is 0 Å². The van der Waals surface area contributed by atoms with Crippen LogP contribution in [-0.2, 0) is 16.1 Å². The molecule has 0 amide bonds. The average Bonchev–Trinajstić information content (AvgIpc) is 3.63. The summed E-state index contributed by atoms with van der Waals surface area (Å²) in [5, 5.41) is 11.1. The first-order valence-corrected chi connectivity index (χ1v) is 22.4. The lowest BCUT2D eigenvalue weighted by atomic mass is 9.91. The van der Waals surface area contributed by atoms with Crippen LogP contribution in [0.1, 0.15) is 214 Å². The second-order valence-corrected chi connectivity index (χ2v) is 16.3. The van der Waals surface area contributed by atoms with E-state index in [1.807, 2.05) is 12.5 Å². The summed E-state index contributed by atoms with van der Waals surface area (Å²) in [6.07, 6.45) is 39.8. The number of aliphatic hydroxyl groups excluding tert-OH is 1. The first-order valence-electron chi connectivity index (χ1n) is 22.4. The molecule has 1 aromatic heterocycles. The van der Waals surface area contributed by atoms with Gasteiger partial charge in [-0.15, -0.1) is 0 Å². The number of esters is 1. The smallest absolute Gasteiger partial charge is 0.306 e. The summed E-state index contributed by atoms with van der Waals surface area (Å²) in [7, 11) is 0. The molecular formula is C45H87N3O3. The molecule has 0 fully saturated rings. The first kappa shape index (κ1) is 47.6. The summed E-state index contributed by atoms with van der Waals surface area (Å²) >= 11 is 0. The van der Waals surface area contributed by atoms with Crippen molar-refractivity contribution in [3.05, 3.63) is 18.7 Å². The molecule has 1 N–H and O–H groups in total. The number of nitrogens with zero attached hydrogens (tertiary/aromatic N) is 3. The zero-order valence-corrected chi connectivity index (χ0v) is 34.8. The molecule has 6 heteroatoms. The molecule has 51 heavy (non-hydrogen) atoms. The maximum absolute atomic E-state index is 12.8. The van der Waals surface area contributed by atoms with Gasteiger partial charge < -0.3 is 14.4 Å². The Balaban J connectivity index is 2.44. The fourth-order valence-electron chi connectivity index (χ4n) is 7.65. The van der Waals surface area contributed by atoms with Gasteiger partial charge in [-0.05, 0) is 50.5 Å². The number of imidazole rings is 1. The lowest BCUT2D eigenvalue weighted by molar-refractivity contribution is -0.145. The molecule has 1 aromatic rings. The standard InChI is InChI=1S/C45H87N3O3/c1-6-9-12-15-17-18-19-20-22-27-32-43(49)38-48(44(41(4)5)39-47-35-33-46-40-47)34-28-23-24-29-36-51-45(50)37-42(30-25-14-11-8-3)31-26-21-16-13-10-7-2/h33,35,40-44,49H,6-32,34,36-39H2,1-5H3. The topological polar surface area (TPSA) is 67.6 Å². The summed E-state index contributed by atoms with van der Waals surface area (Å²) in [6.45, 7) is 14.6. The molecule has 3 unspecified atom stereocenters. The van der Waals surface area contributed by atoms with E-state index in [2.05, 4.69) is 55.3 Å². The second kappa shape index (κ2) is 34.4. The van der Waals surface area contributed by atoms with Gasteiger partial charge in [0.15, 0.2) is 0 Å². The van der Waals surface area contributed by atoms with Crippen LogP contribution in [0.15, 0.2) is 18.7 Å². The summed E-state index contributed by atoms with van der Waals surface area (Å²) in [4.78, 5) is 19.6. The molecule has 0 bridgehead atoms. The van der Waals surface area contributed by atoms with Crippen LogP contribution in [0.2, 0.25) is 0 Å². The molecule has 3 atom stereocenters. The highest BCUT2D eigenvalue weighted by Crippen LogP contribution is 2.23. The Morgan fingerprint density at radius 2 is 1.18 bits per heavy atom. The number of carbonyl (C=O) groups is 1. The van der Waals surface area contributed by atoms with Crippen LogP contribution in [0.4, 0.5) is 0 Å². The molecule has 1 rings (SSSR count). The molecule has 0 radical (unpaired) electrons. The SMILES string of the molecule is CCCCCCCCCCCCC(O)CN(CCCCCCOC(=O)CC(CCCCCC)CCCCCCCC)C(Cn1ccnc1)C(C)C. The zero-order chi connectivity index (χ0) is 37.2. The molecule has 0 aliphatic heterocycles. The van der Waals surface area contributed by atoms with E-state index < -0.39 is 0 Å². The Morgan fingerprint density at radius 3 is 1.71 bits per heavy atom. The predicted molar refractivity (Wildman–Crippen MR) is 219 cm³/mol. The summed E-state index contributed by atoms with van der Waals surface area (Å²) in [6, 6.07) is 0.355. The van der Waals surface area contributed by atoms with Crippen molar-refractivity contribution in [1.29, 1.82) is 0 Å². The Bertz CT molecular complexity index is 861. The highest BCUT2D eigenvalue weighted by Gasteiger charge is 2.24. The van der Waals surface area contributed by atoms with Gasteiger partial charge in [0, 0.05) is 37.9 Å². The fourth-order valence-corrected chi connectivity index (χ4v) is 7.65. The molecule has 0 aliphatic carbocycles. The summed E-state index contributed by atoms with van der Waals surface area (Å²) in [5.74, 6) is 0.986. The Labute approximate surface area is 317 Å². The van der Waals surface area contributed by atoms with E-state index >= 15 is 0 Å². The van der Waals surface area contributed by atoms with Crippen LogP contribution in [0.3, 0.4) is 0 Å². The first-order chi connectivity index (χ1) is 24.9. The van der Waals surface area contributed by atoms with E-state index in [1.165, 1.54) is 135 Å². The van der Waals surface area contributed by atoms with Gasteiger partial charge in [-0.25, -0.2) is 4.98 Å². The summed E-state index contributed by atoms with van der Waals surface area (Å²) < 4.78 is 7.95. The van der Waals surface area contributed by atoms with Gasteiger partial charge in [0.2, 0.25) is 0 Å². The molecule has 0 saturated carbocycles. The van der Waals surface area contributed by atoms with Crippen molar-refractivity contribution in [2.45, 2.75) is 233 Å². The maximum atomic E-state index is 12.8. The van der Waals surface area contributed by atoms with E-state index in [-0.39, 0.29) is 12.1 Å². The quantitative estimate of drug-likeness (QED) is 0.0545. The number of ether oxygens (including phenoxy) is 1. The van der Waals surface area contributed by atoms with Crippen molar-refractivity contribution in [1.82, 2.24) is 14.5 Å². The largest absolute Gasteiger partial charge is 0.466 e. The predicted octanol–water partition coefficient (Wildman–Crippen LogP) is 12.7. The molecular weight excluding hydrogens is 631 g/mol. The molecule has 1 heterocycles. The second-order valence-electron chi connectivity index (χ2n) is 16.3.